The third-order valence-electron chi connectivity index (χ3n) is 4.21. The maximum absolute atomic E-state index is 12.8. The molecule has 0 spiro atoms. The Bertz CT molecular complexity index is 1360. The Hall–Kier alpha value is -2.85. The molecule has 10 heteroatoms. The first-order chi connectivity index (χ1) is 13.4. The van der Waals surface area contributed by atoms with Crippen molar-refractivity contribution in [1.82, 2.24) is 14.6 Å². The summed E-state index contributed by atoms with van der Waals surface area (Å²) >= 11 is 6.58. The summed E-state index contributed by atoms with van der Waals surface area (Å²) in [7, 11) is 1.54. The van der Waals surface area contributed by atoms with E-state index in [2.05, 4.69) is 46.9 Å². The van der Waals surface area contributed by atoms with Crippen LogP contribution < -0.4 is 16.0 Å². The van der Waals surface area contributed by atoms with Crippen LogP contribution in [-0.2, 0) is 0 Å². The first-order valence-electron chi connectivity index (χ1n) is 7.96. The molecule has 0 bridgehead atoms. The molecule has 2 aromatic heterocycles. The number of hydrogen-bond acceptors (Lipinski definition) is 5. The maximum atomic E-state index is 12.8. The van der Waals surface area contributed by atoms with Crippen molar-refractivity contribution in [3.05, 3.63) is 65.7 Å². The van der Waals surface area contributed by atoms with Crippen molar-refractivity contribution >= 4 is 60.0 Å². The van der Waals surface area contributed by atoms with Gasteiger partial charge in [0, 0.05) is 19.8 Å². The summed E-state index contributed by atoms with van der Waals surface area (Å²) in [6, 6.07) is 8.43. The number of benzene rings is 2. The number of nitrogens with zero attached hydrogens (tertiary/aromatic N) is 2. The Labute approximate surface area is 173 Å². The molecule has 4 aromatic rings. The van der Waals surface area contributed by atoms with Crippen LogP contribution in [0.3, 0.4) is 0 Å². The van der Waals surface area contributed by atoms with E-state index in [-0.39, 0.29) is 11.3 Å². The third-order valence-corrected chi connectivity index (χ3v) is 5.32. The van der Waals surface area contributed by atoms with Gasteiger partial charge in [0.1, 0.15) is 17.0 Å². The smallest absolute Gasteiger partial charge is 0.350 e. The van der Waals surface area contributed by atoms with Crippen molar-refractivity contribution in [3.8, 4) is 11.5 Å². The molecule has 0 fully saturated rings. The van der Waals surface area contributed by atoms with Crippen LogP contribution in [0.25, 0.3) is 21.9 Å². The molecule has 0 radical (unpaired) electrons. The lowest BCUT2D eigenvalue weighted by Crippen LogP contribution is -2.32. The predicted octanol–water partition coefficient (Wildman–Crippen LogP) is 3.29. The highest BCUT2D eigenvalue weighted by Gasteiger charge is 2.14. The molecular weight excluding hydrogens is 496 g/mol. The van der Waals surface area contributed by atoms with E-state index < -0.39 is 11.2 Å². The Kier molecular flexibility index (Phi) is 4.60. The highest BCUT2D eigenvalue weighted by Crippen LogP contribution is 2.29. The highest BCUT2D eigenvalue weighted by atomic mass is 79.9. The number of ether oxygens (including phenoxy) is 1. The lowest BCUT2D eigenvalue weighted by atomic mass is 10.2. The van der Waals surface area contributed by atoms with Gasteiger partial charge in [-0.05, 0) is 46.3 Å². The molecule has 0 saturated heterocycles. The van der Waals surface area contributed by atoms with Gasteiger partial charge in [-0.15, -0.1) is 4.68 Å². The van der Waals surface area contributed by atoms with E-state index in [0.717, 1.165) is 0 Å². The van der Waals surface area contributed by atoms with Gasteiger partial charge in [-0.3, -0.25) is 4.79 Å². The van der Waals surface area contributed by atoms with Crippen LogP contribution in [0.2, 0.25) is 0 Å². The van der Waals surface area contributed by atoms with Gasteiger partial charge >= 0.3 is 11.2 Å². The van der Waals surface area contributed by atoms with Gasteiger partial charge in [0.15, 0.2) is 0 Å². The minimum atomic E-state index is -0.704. The monoisotopic (exact) mass is 506 g/mol. The summed E-state index contributed by atoms with van der Waals surface area (Å²) in [6.07, 6.45) is 1.24. The summed E-state index contributed by atoms with van der Waals surface area (Å²) in [6.45, 7) is 0. The number of rotatable bonds is 3. The molecule has 0 aliphatic carbocycles. The van der Waals surface area contributed by atoms with Gasteiger partial charge < -0.3 is 19.8 Å². The first kappa shape index (κ1) is 18.5. The predicted molar refractivity (Wildman–Crippen MR) is 114 cm³/mol. The molecule has 8 nitrogen and oxygen atoms in total. The normalized spacial score (nSPS) is 11.7. The second-order valence-corrected chi connectivity index (χ2v) is 7.67. The van der Waals surface area contributed by atoms with Crippen LogP contribution in [0.1, 0.15) is 5.56 Å². The van der Waals surface area contributed by atoms with Crippen molar-refractivity contribution in [2.24, 2.45) is 5.10 Å². The van der Waals surface area contributed by atoms with Crippen molar-refractivity contribution in [2.45, 2.75) is 0 Å². The number of nitrogens with one attached hydrogen (secondary N) is 2. The topological polar surface area (TPSA) is 112 Å². The van der Waals surface area contributed by atoms with Crippen LogP contribution in [0.5, 0.6) is 11.5 Å². The lowest BCUT2D eigenvalue weighted by Gasteiger charge is -2.03. The molecule has 28 heavy (non-hydrogen) atoms. The number of hydrogen-bond donors (Lipinski definition) is 3. The first-order valence-corrected chi connectivity index (χ1v) is 9.55. The number of aromatic hydroxyl groups is 1. The van der Waals surface area contributed by atoms with Crippen molar-refractivity contribution < 1.29 is 9.84 Å². The molecule has 2 heterocycles. The highest BCUT2D eigenvalue weighted by molar-refractivity contribution is 9.11. The molecule has 3 N–H and O–H groups in total. The van der Waals surface area contributed by atoms with Gasteiger partial charge in [-0.2, -0.15) is 5.10 Å². The zero-order valence-corrected chi connectivity index (χ0v) is 17.5. The molecule has 0 saturated carbocycles. The summed E-state index contributed by atoms with van der Waals surface area (Å²) in [5.74, 6) is 0.542. The van der Waals surface area contributed by atoms with E-state index in [0.29, 0.717) is 41.4 Å². The molecule has 0 aliphatic heterocycles. The number of methoxy groups -OCH3 is 1. The van der Waals surface area contributed by atoms with Crippen LogP contribution in [-0.4, -0.2) is 33.1 Å². The molecule has 0 amide bonds. The molecule has 2 aromatic carbocycles. The lowest BCUT2D eigenvalue weighted by molar-refractivity contribution is 0.415. The third kappa shape index (κ3) is 3.04. The fourth-order valence-corrected chi connectivity index (χ4v) is 4.17. The zero-order valence-electron chi connectivity index (χ0n) is 14.3. The summed E-state index contributed by atoms with van der Waals surface area (Å²) in [4.78, 5) is 30.9. The number of fused-ring (bicyclic) bond motifs is 3. The Morgan fingerprint density at radius 1 is 1.14 bits per heavy atom. The zero-order chi connectivity index (χ0) is 20.0. The van der Waals surface area contributed by atoms with E-state index in [1.54, 1.807) is 24.3 Å². The molecule has 0 unspecified atom stereocenters. The fraction of sp³-hybridized carbons (Fsp3) is 0.0556. The van der Waals surface area contributed by atoms with Crippen LogP contribution in [0.15, 0.2) is 54.0 Å². The summed E-state index contributed by atoms with van der Waals surface area (Å²) in [5.41, 5.74) is 0.278. The Balaban J connectivity index is 1.90. The molecular formula is C18H12Br2N4O4. The molecule has 0 aliphatic rings. The van der Waals surface area contributed by atoms with Crippen molar-refractivity contribution in [2.75, 3.05) is 7.11 Å². The van der Waals surface area contributed by atoms with E-state index in [4.69, 9.17) is 4.74 Å². The average Bonchev–Trinajstić information content (AvgIpc) is 3.01. The van der Waals surface area contributed by atoms with Crippen LogP contribution in [0.4, 0.5) is 0 Å². The van der Waals surface area contributed by atoms with Gasteiger partial charge in [-0.25, -0.2) is 4.79 Å². The van der Waals surface area contributed by atoms with E-state index in [1.165, 1.54) is 19.4 Å². The molecule has 142 valence electrons. The second-order valence-electron chi connectivity index (χ2n) is 5.90. The van der Waals surface area contributed by atoms with Gasteiger partial charge in [0.2, 0.25) is 0 Å². The van der Waals surface area contributed by atoms with Gasteiger partial charge in [0.05, 0.1) is 24.4 Å². The van der Waals surface area contributed by atoms with Gasteiger partial charge in [0.25, 0.3) is 0 Å². The summed E-state index contributed by atoms with van der Waals surface area (Å²) in [5, 5.41) is 14.7. The van der Waals surface area contributed by atoms with Crippen molar-refractivity contribution in [3.63, 3.8) is 0 Å². The number of phenols is 1. The number of phenolic OH excluding ortho intramolecular Hbond substituents is 1. The fourth-order valence-electron chi connectivity index (χ4n) is 2.87. The standard InChI is InChI=1S/C18H12Br2N4O4/c1-28-9-2-3-13-10(6-9)15-16(22-13)17(26)24(18(27)23-15)21-7-11-12(20)4-8(19)5-14(11)25/h2-7,22,25H,1H3,(H,23,27)/b21-7+. The van der Waals surface area contributed by atoms with E-state index >= 15 is 0 Å². The second kappa shape index (κ2) is 6.95. The van der Waals surface area contributed by atoms with Crippen LogP contribution >= 0.6 is 31.9 Å². The number of aromatic amines is 2. The number of aromatic nitrogens is 3. The number of halogens is 2. The largest absolute Gasteiger partial charge is 0.507 e. The van der Waals surface area contributed by atoms with E-state index in [1.807, 2.05) is 0 Å². The van der Waals surface area contributed by atoms with Crippen molar-refractivity contribution in [1.29, 1.82) is 0 Å². The maximum Gasteiger partial charge on any atom is 0.350 e. The SMILES string of the molecule is COc1ccc2[nH]c3c(=O)n(/N=C/c4c(O)cc(Br)cc4Br)c(=O)[nH]c3c2c1. The summed E-state index contributed by atoms with van der Waals surface area (Å²) < 4.78 is 7.11. The van der Waals surface area contributed by atoms with Gasteiger partial charge in [-0.1, -0.05) is 15.9 Å². The Morgan fingerprint density at radius 2 is 1.93 bits per heavy atom. The Morgan fingerprint density at radius 3 is 2.64 bits per heavy atom. The van der Waals surface area contributed by atoms with E-state index in [9.17, 15) is 14.7 Å². The molecule has 4 rings (SSSR count). The minimum absolute atomic E-state index is 0.0618. The average molecular weight is 508 g/mol. The van der Waals surface area contributed by atoms with Crippen LogP contribution in [0, 0.1) is 0 Å². The molecule has 0 atom stereocenters. The quantitative estimate of drug-likeness (QED) is 0.369. The number of H-pyrrole nitrogens is 2. The minimum Gasteiger partial charge on any atom is -0.507 e.